The predicted molar refractivity (Wildman–Crippen MR) is 75.5 cm³/mol. The minimum atomic E-state index is -0.734. The molecule has 0 heterocycles. The zero-order valence-corrected chi connectivity index (χ0v) is 11.5. The van der Waals surface area contributed by atoms with Crippen LogP contribution in [0.4, 0.5) is 10.1 Å². The number of nitriles is 1. The van der Waals surface area contributed by atoms with E-state index < -0.39 is 11.7 Å². The largest absolute Gasteiger partial charge is 0.320 e. The Bertz CT molecular complexity index is 705. The van der Waals surface area contributed by atoms with Crippen LogP contribution in [-0.4, -0.2) is 5.91 Å². The molecule has 0 unspecified atom stereocenters. The van der Waals surface area contributed by atoms with Gasteiger partial charge in [0.2, 0.25) is 0 Å². The van der Waals surface area contributed by atoms with Crippen LogP contribution in [0.5, 0.6) is 0 Å². The van der Waals surface area contributed by atoms with Crippen LogP contribution < -0.4 is 5.32 Å². The molecule has 0 atom stereocenters. The molecule has 0 saturated carbocycles. The van der Waals surface area contributed by atoms with Crippen LogP contribution >= 0.6 is 23.2 Å². The summed E-state index contributed by atoms with van der Waals surface area (Å²) < 4.78 is 13.6. The minimum absolute atomic E-state index is 0.00457. The Kier molecular flexibility index (Phi) is 4.23. The third-order valence-electron chi connectivity index (χ3n) is 2.53. The number of amides is 1. The van der Waals surface area contributed by atoms with E-state index in [1.165, 1.54) is 30.3 Å². The van der Waals surface area contributed by atoms with E-state index in [9.17, 15) is 9.18 Å². The third kappa shape index (κ3) is 2.90. The summed E-state index contributed by atoms with van der Waals surface area (Å²) in [5.41, 5.74) is 0.270. The number of hydrogen-bond acceptors (Lipinski definition) is 2. The Hall–Kier alpha value is -2.09. The second-order valence-corrected chi connectivity index (χ2v) is 4.67. The third-order valence-corrected chi connectivity index (χ3v) is 3.18. The molecule has 3 nitrogen and oxygen atoms in total. The fourth-order valence-electron chi connectivity index (χ4n) is 1.59. The predicted octanol–water partition coefficient (Wildman–Crippen LogP) is 4.26. The Morgan fingerprint density at radius 1 is 1.20 bits per heavy atom. The lowest BCUT2D eigenvalue weighted by Crippen LogP contribution is -2.14. The summed E-state index contributed by atoms with van der Waals surface area (Å²) in [6.45, 7) is 0. The van der Waals surface area contributed by atoms with Gasteiger partial charge in [-0.3, -0.25) is 4.79 Å². The molecule has 0 aliphatic heterocycles. The van der Waals surface area contributed by atoms with Gasteiger partial charge in [0, 0.05) is 0 Å². The van der Waals surface area contributed by atoms with Crippen molar-refractivity contribution in [1.82, 2.24) is 0 Å². The summed E-state index contributed by atoms with van der Waals surface area (Å²) in [5, 5.41) is 11.5. The van der Waals surface area contributed by atoms with Gasteiger partial charge in [-0.15, -0.1) is 0 Å². The van der Waals surface area contributed by atoms with Gasteiger partial charge in [0.15, 0.2) is 0 Å². The highest BCUT2D eigenvalue weighted by molar-refractivity contribution is 6.36. The van der Waals surface area contributed by atoms with E-state index >= 15 is 0 Å². The zero-order chi connectivity index (χ0) is 14.7. The fourth-order valence-corrected chi connectivity index (χ4v) is 2.00. The van der Waals surface area contributed by atoms with Gasteiger partial charge in [-0.2, -0.15) is 5.26 Å². The first-order chi connectivity index (χ1) is 9.52. The maximum Gasteiger partial charge on any atom is 0.260 e. The van der Waals surface area contributed by atoms with Crippen molar-refractivity contribution in [3.63, 3.8) is 0 Å². The topological polar surface area (TPSA) is 52.9 Å². The number of halogens is 3. The van der Waals surface area contributed by atoms with Gasteiger partial charge in [0.25, 0.3) is 5.91 Å². The van der Waals surface area contributed by atoms with Crippen molar-refractivity contribution in [2.75, 3.05) is 5.32 Å². The van der Waals surface area contributed by atoms with Crippen LogP contribution in [0.2, 0.25) is 10.0 Å². The maximum atomic E-state index is 13.6. The highest BCUT2D eigenvalue weighted by Gasteiger charge is 2.17. The fraction of sp³-hybridized carbons (Fsp3) is 0. The summed E-state index contributed by atoms with van der Waals surface area (Å²) in [7, 11) is 0. The van der Waals surface area contributed by atoms with Crippen molar-refractivity contribution in [2.24, 2.45) is 0 Å². The number of benzene rings is 2. The van der Waals surface area contributed by atoms with Gasteiger partial charge in [-0.1, -0.05) is 29.3 Å². The van der Waals surface area contributed by atoms with Crippen molar-refractivity contribution >= 4 is 34.8 Å². The normalized spacial score (nSPS) is 9.90. The molecular weight excluding hydrogens is 302 g/mol. The molecule has 2 aromatic rings. The molecule has 0 fully saturated rings. The van der Waals surface area contributed by atoms with Gasteiger partial charge >= 0.3 is 0 Å². The number of rotatable bonds is 2. The summed E-state index contributed by atoms with van der Waals surface area (Å²) in [6, 6.07) is 10.2. The van der Waals surface area contributed by atoms with E-state index in [0.29, 0.717) is 5.56 Å². The smallest absolute Gasteiger partial charge is 0.260 e. The van der Waals surface area contributed by atoms with E-state index in [1.807, 2.05) is 6.07 Å². The van der Waals surface area contributed by atoms with Gasteiger partial charge in [0.1, 0.15) is 5.82 Å². The van der Waals surface area contributed by atoms with E-state index in [1.54, 1.807) is 0 Å². The Labute approximate surface area is 124 Å². The molecular formula is C14H7Cl2FN2O. The molecule has 0 spiro atoms. The van der Waals surface area contributed by atoms with Crippen LogP contribution in [-0.2, 0) is 0 Å². The molecule has 1 amide bonds. The summed E-state index contributed by atoms with van der Waals surface area (Å²) in [4.78, 5) is 12.0. The second-order valence-electron chi connectivity index (χ2n) is 3.86. The van der Waals surface area contributed by atoms with Gasteiger partial charge < -0.3 is 5.32 Å². The lowest BCUT2D eigenvalue weighted by Gasteiger charge is -2.09. The second kappa shape index (κ2) is 5.91. The Morgan fingerprint density at radius 3 is 2.60 bits per heavy atom. The molecule has 0 saturated heterocycles. The number of carbonyl (C=O) groups excluding carboxylic acids is 1. The first-order valence-electron chi connectivity index (χ1n) is 5.48. The number of nitrogens with one attached hydrogen (secondary N) is 1. The summed E-state index contributed by atoms with van der Waals surface area (Å²) in [5.74, 6) is -1.47. The van der Waals surface area contributed by atoms with E-state index in [4.69, 9.17) is 28.5 Å². The van der Waals surface area contributed by atoms with E-state index in [0.717, 1.165) is 6.07 Å². The van der Waals surface area contributed by atoms with Crippen molar-refractivity contribution < 1.29 is 9.18 Å². The molecule has 6 heteroatoms. The average Bonchev–Trinajstić information content (AvgIpc) is 2.41. The minimum Gasteiger partial charge on any atom is -0.320 e. The van der Waals surface area contributed by atoms with Crippen LogP contribution in [0.25, 0.3) is 0 Å². The summed E-state index contributed by atoms with van der Waals surface area (Å²) >= 11 is 11.7. The van der Waals surface area contributed by atoms with E-state index in [2.05, 4.69) is 5.32 Å². The number of nitrogens with zero attached hydrogens (tertiary/aromatic N) is 1. The quantitative estimate of drug-likeness (QED) is 0.901. The van der Waals surface area contributed by atoms with Crippen LogP contribution in [0.1, 0.15) is 15.9 Å². The number of anilines is 1. The van der Waals surface area contributed by atoms with Gasteiger partial charge in [0.05, 0.1) is 32.9 Å². The Balaban J connectivity index is 2.36. The lowest BCUT2D eigenvalue weighted by atomic mass is 10.1. The Morgan fingerprint density at radius 2 is 1.95 bits per heavy atom. The molecule has 0 aliphatic carbocycles. The molecule has 0 bridgehead atoms. The first kappa shape index (κ1) is 14.3. The molecule has 20 heavy (non-hydrogen) atoms. The van der Waals surface area contributed by atoms with Crippen LogP contribution in [0.15, 0.2) is 36.4 Å². The summed E-state index contributed by atoms with van der Waals surface area (Å²) in [6.07, 6.45) is 0. The number of carbonyl (C=O) groups is 1. The molecule has 0 aromatic heterocycles. The molecule has 2 rings (SSSR count). The first-order valence-corrected chi connectivity index (χ1v) is 6.23. The van der Waals surface area contributed by atoms with Gasteiger partial charge in [-0.25, -0.2) is 4.39 Å². The molecule has 0 radical (unpaired) electrons. The monoisotopic (exact) mass is 308 g/mol. The molecule has 2 aromatic carbocycles. The number of hydrogen-bond donors (Lipinski definition) is 1. The molecule has 100 valence electrons. The molecule has 1 N–H and O–H groups in total. The zero-order valence-electron chi connectivity index (χ0n) is 9.95. The van der Waals surface area contributed by atoms with Gasteiger partial charge in [-0.05, 0) is 30.3 Å². The van der Waals surface area contributed by atoms with Crippen molar-refractivity contribution in [3.05, 3.63) is 63.4 Å². The van der Waals surface area contributed by atoms with E-state index in [-0.39, 0.29) is 21.3 Å². The highest BCUT2D eigenvalue weighted by atomic mass is 35.5. The van der Waals surface area contributed by atoms with Crippen molar-refractivity contribution in [1.29, 1.82) is 5.26 Å². The van der Waals surface area contributed by atoms with Crippen molar-refractivity contribution in [3.8, 4) is 6.07 Å². The highest BCUT2D eigenvalue weighted by Crippen LogP contribution is 2.25. The van der Waals surface area contributed by atoms with Crippen LogP contribution in [0.3, 0.4) is 0 Å². The van der Waals surface area contributed by atoms with Crippen LogP contribution in [0, 0.1) is 17.1 Å². The SMILES string of the molecule is N#Cc1ccc(Cl)c(NC(=O)c2c(F)cccc2Cl)c1. The molecule has 0 aliphatic rings. The van der Waals surface area contributed by atoms with Crippen molar-refractivity contribution in [2.45, 2.75) is 0 Å². The standard InChI is InChI=1S/C14H7Cl2FN2O/c15-9-5-4-8(7-18)6-12(9)19-14(20)13-10(16)2-1-3-11(13)17/h1-6H,(H,19,20). The maximum absolute atomic E-state index is 13.6. The average molecular weight is 309 g/mol. The lowest BCUT2D eigenvalue weighted by molar-refractivity contribution is 0.102.